The highest BCUT2D eigenvalue weighted by Gasteiger charge is 2.67. The third-order valence-electron chi connectivity index (χ3n) is 11.7. The van der Waals surface area contributed by atoms with Crippen LogP contribution in [0, 0.1) is 45.8 Å². The molecular weight excluding hydrogens is 364 g/mol. The number of rotatable bonds is 5. The Morgan fingerprint density at radius 2 is 1.53 bits per heavy atom. The first-order valence-corrected chi connectivity index (χ1v) is 13.5. The monoisotopic (exact) mass is 416 g/mol. The molecular formula is C28H52N2. The second-order valence-corrected chi connectivity index (χ2v) is 13.8. The van der Waals surface area contributed by atoms with Gasteiger partial charge in [-0.25, -0.2) is 0 Å². The molecule has 0 spiro atoms. The number of nitrogens with two attached hydrogens (primary N) is 2. The van der Waals surface area contributed by atoms with E-state index >= 15 is 0 Å². The molecule has 4 fully saturated rings. The molecule has 0 radical (unpaired) electrons. The van der Waals surface area contributed by atoms with Crippen molar-refractivity contribution in [1.82, 2.24) is 0 Å². The van der Waals surface area contributed by atoms with Gasteiger partial charge in [-0.2, -0.15) is 0 Å². The van der Waals surface area contributed by atoms with Crippen LogP contribution in [-0.4, -0.2) is 11.6 Å². The largest absolute Gasteiger partial charge is 0.328 e. The van der Waals surface area contributed by atoms with Crippen molar-refractivity contribution in [3.8, 4) is 0 Å². The van der Waals surface area contributed by atoms with Gasteiger partial charge in [0.15, 0.2) is 0 Å². The van der Waals surface area contributed by atoms with Gasteiger partial charge in [0.1, 0.15) is 0 Å². The number of hydrogen-bond donors (Lipinski definition) is 2. The van der Waals surface area contributed by atoms with Gasteiger partial charge in [0, 0.05) is 11.6 Å². The molecule has 2 nitrogen and oxygen atoms in total. The van der Waals surface area contributed by atoms with E-state index in [1.54, 1.807) is 0 Å². The van der Waals surface area contributed by atoms with Gasteiger partial charge in [-0.3, -0.25) is 0 Å². The van der Waals surface area contributed by atoms with E-state index in [9.17, 15) is 0 Å². The molecule has 0 bridgehead atoms. The zero-order valence-corrected chi connectivity index (χ0v) is 21.1. The summed E-state index contributed by atoms with van der Waals surface area (Å²) in [5, 5.41) is 0. The molecule has 0 heterocycles. The van der Waals surface area contributed by atoms with Gasteiger partial charge in [0.05, 0.1) is 0 Å². The first-order valence-electron chi connectivity index (χ1n) is 13.5. The Morgan fingerprint density at radius 1 is 0.800 bits per heavy atom. The number of fused-ring (bicyclic) bond motifs is 5. The molecule has 4 rings (SSSR count). The Labute approximate surface area is 187 Å². The van der Waals surface area contributed by atoms with Crippen molar-refractivity contribution in [3.05, 3.63) is 0 Å². The van der Waals surface area contributed by atoms with Gasteiger partial charge in [0.2, 0.25) is 0 Å². The molecule has 0 aliphatic heterocycles. The second kappa shape index (κ2) is 7.75. The van der Waals surface area contributed by atoms with Gasteiger partial charge in [-0.15, -0.1) is 0 Å². The molecule has 4 saturated carbocycles. The van der Waals surface area contributed by atoms with Crippen LogP contribution >= 0.6 is 0 Å². The minimum absolute atomic E-state index is 0.0219. The van der Waals surface area contributed by atoms with Crippen molar-refractivity contribution in [2.24, 2.45) is 57.3 Å². The molecule has 4 aliphatic carbocycles. The lowest BCUT2D eigenvalue weighted by Gasteiger charge is -2.69. The van der Waals surface area contributed by atoms with Crippen LogP contribution < -0.4 is 11.5 Å². The van der Waals surface area contributed by atoms with Crippen molar-refractivity contribution in [3.63, 3.8) is 0 Å². The predicted octanol–water partition coefficient (Wildman–Crippen LogP) is 6.91. The molecule has 4 N–H and O–H groups in total. The van der Waals surface area contributed by atoms with Crippen LogP contribution in [0.25, 0.3) is 0 Å². The van der Waals surface area contributed by atoms with Crippen LogP contribution in [0.4, 0.5) is 0 Å². The Balaban J connectivity index is 1.54. The Morgan fingerprint density at radius 3 is 2.23 bits per heavy atom. The van der Waals surface area contributed by atoms with Crippen molar-refractivity contribution < 1.29 is 0 Å². The maximum Gasteiger partial charge on any atom is 0.0226 e. The lowest BCUT2D eigenvalue weighted by molar-refractivity contribution is -0.174. The standard InChI is InChI=1S/C28H52N2/c1-19(2)7-8-20(3)17-21-9-10-23-25(21,4)13-12-24-26(23,5)15-16-28(30)18-22(29)11-14-27(24,28)6/h19-24H,7-18,29-30H2,1-6H3. The first kappa shape index (κ1) is 23.1. The summed E-state index contributed by atoms with van der Waals surface area (Å²) in [6.07, 6.45) is 16.1. The third kappa shape index (κ3) is 3.42. The van der Waals surface area contributed by atoms with Gasteiger partial charge in [0.25, 0.3) is 0 Å². The van der Waals surface area contributed by atoms with Crippen molar-refractivity contribution >= 4 is 0 Å². The zero-order chi connectivity index (χ0) is 21.9. The average molecular weight is 417 g/mol. The quantitative estimate of drug-likeness (QED) is 0.511. The predicted molar refractivity (Wildman–Crippen MR) is 129 cm³/mol. The topological polar surface area (TPSA) is 52.0 Å². The van der Waals surface area contributed by atoms with Gasteiger partial charge >= 0.3 is 0 Å². The van der Waals surface area contributed by atoms with E-state index in [0.29, 0.717) is 22.3 Å². The van der Waals surface area contributed by atoms with Crippen LogP contribution in [0.1, 0.15) is 119 Å². The highest BCUT2D eigenvalue weighted by molar-refractivity contribution is 5.19. The van der Waals surface area contributed by atoms with E-state index < -0.39 is 0 Å². The minimum atomic E-state index is -0.0219. The third-order valence-corrected chi connectivity index (χ3v) is 11.7. The zero-order valence-electron chi connectivity index (χ0n) is 21.1. The average Bonchev–Trinajstić information content (AvgIpc) is 2.99. The molecule has 0 aromatic rings. The van der Waals surface area contributed by atoms with Crippen LogP contribution in [0.15, 0.2) is 0 Å². The van der Waals surface area contributed by atoms with Gasteiger partial charge in [-0.1, -0.05) is 54.4 Å². The summed E-state index contributed by atoms with van der Waals surface area (Å²) in [7, 11) is 0. The fourth-order valence-electron chi connectivity index (χ4n) is 9.74. The van der Waals surface area contributed by atoms with Crippen molar-refractivity contribution in [2.75, 3.05) is 0 Å². The van der Waals surface area contributed by atoms with E-state index in [-0.39, 0.29) is 5.54 Å². The molecule has 9 atom stereocenters. The maximum atomic E-state index is 7.20. The second-order valence-electron chi connectivity index (χ2n) is 13.8. The van der Waals surface area contributed by atoms with E-state index in [4.69, 9.17) is 11.5 Å². The Bertz CT molecular complexity index is 630. The lowest BCUT2D eigenvalue weighted by atomic mass is 9.37. The van der Waals surface area contributed by atoms with Crippen LogP contribution in [0.2, 0.25) is 0 Å². The van der Waals surface area contributed by atoms with E-state index in [1.807, 2.05) is 0 Å². The van der Waals surface area contributed by atoms with E-state index in [2.05, 4.69) is 41.5 Å². The molecule has 174 valence electrons. The molecule has 0 amide bonds. The summed E-state index contributed by atoms with van der Waals surface area (Å²) in [6, 6.07) is 0.324. The highest BCUT2D eigenvalue weighted by Crippen LogP contribution is 2.73. The lowest BCUT2D eigenvalue weighted by Crippen LogP contribution is -2.70. The molecule has 4 aliphatic rings. The van der Waals surface area contributed by atoms with Crippen molar-refractivity contribution in [2.45, 2.75) is 130 Å². The maximum absolute atomic E-state index is 7.20. The molecule has 0 saturated heterocycles. The Hall–Kier alpha value is -0.0800. The summed E-state index contributed by atoms with van der Waals surface area (Å²) >= 11 is 0. The SMILES string of the molecule is CC(C)CCC(C)CC1CCC2C1(C)CCC1C2(C)CCC2(N)CC(N)CCC12C. The van der Waals surface area contributed by atoms with Crippen LogP contribution in [0.5, 0.6) is 0 Å². The highest BCUT2D eigenvalue weighted by atomic mass is 14.9. The summed E-state index contributed by atoms with van der Waals surface area (Å²) in [4.78, 5) is 0. The summed E-state index contributed by atoms with van der Waals surface area (Å²) < 4.78 is 0. The molecule has 0 aromatic carbocycles. The van der Waals surface area contributed by atoms with Crippen molar-refractivity contribution in [1.29, 1.82) is 0 Å². The first-order chi connectivity index (χ1) is 13.9. The van der Waals surface area contributed by atoms with E-state index in [1.165, 1.54) is 70.6 Å². The van der Waals surface area contributed by atoms with Crippen LogP contribution in [-0.2, 0) is 0 Å². The van der Waals surface area contributed by atoms with E-state index in [0.717, 1.165) is 36.0 Å². The molecule has 2 heteroatoms. The Kier molecular flexibility index (Phi) is 5.97. The molecule has 0 aromatic heterocycles. The summed E-state index contributed by atoms with van der Waals surface area (Å²) in [6.45, 7) is 15.3. The normalized spacial score (nSPS) is 51.9. The van der Waals surface area contributed by atoms with Gasteiger partial charge < -0.3 is 11.5 Å². The fraction of sp³-hybridized carbons (Fsp3) is 1.00. The summed E-state index contributed by atoms with van der Waals surface area (Å²) in [5.41, 5.74) is 14.9. The smallest absolute Gasteiger partial charge is 0.0226 e. The molecule has 30 heavy (non-hydrogen) atoms. The number of hydrogen-bond acceptors (Lipinski definition) is 2. The van der Waals surface area contributed by atoms with Gasteiger partial charge in [-0.05, 0) is 110 Å². The van der Waals surface area contributed by atoms with Crippen LogP contribution in [0.3, 0.4) is 0 Å². The fourth-order valence-corrected chi connectivity index (χ4v) is 9.74. The summed E-state index contributed by atoms with van der Waals surface area (Å²) in [5.74, 6) is 4.38. The minimum Gasteiger partial charge on any atom is -0.328 e. The molecule has 9 unspecified atom stereocenters.